The van der Waals surface area contributed by atoms with Gasteiger partial charge >= 0.3 is 11.8 Å². The molecule has 1 aromatic heterocycles. The van der Waals surface area contributed by atoms with Crippen molar-refractivity contribution in [1.29, 1.82) is 0 Å². The molecular weight excluding hydrogens is 391 g/mol. The van der Waals surface area contributed by atoms with Gasteiger partial charge in [0.1, 0.15) is 15.3 Å². The molecule has 3 rings (SSSR count). The summed E-state index contributed by atoms with van der Waals surface area (Å²) in [4.78, 5) is 25.8. The molecule has 1 aliphatic heterocycles. The zero-order valence-corrected chi connectivity index (χ0v) is 16.1. The van der Waals surface area contributed by atoms with Crippen LogP contribution in [0.5, 0.6) is 0 Å². The predicted molar refractivity (Wildman–Crippen MR) is 99.5 cm³/mol. The Bertz CT molecular complexity index is 905. The molecule has 144 valence electrons. The van der Waals surface area contributed by atoms with E-state index in [9.17, 15) is 22.4 Å². The number of amides is 2. The summed E-state index contributed by atoms with van der Waals surface area (Å²) in [5.74, 6) is -1.97. The molecular formula is C18H19FN2O4S2. The van der Waals surface area contributed by atoms with Crippen molar-refractivity contribution in [1.82, 2.24) is 10.2 Å². The van der Waals surface area contributed by atoms with Crippen LogP contribution in [0.15, 0.2) is 46.0 Å². The second-order valence-corrected chi connectivity index (χ2v) is 9.53. The van der Waals surface area contributed by atoms with E-state index in [4.69, 9.17) is 0 Å². The third-order valence-electron chi connectivity index (χ3n) is 4.43. The maximum atomic E-state index is 13.2. The fraction of sp³-hybridized carbons (Fsp3) is 0.333. The van der Waals surface area contributed by atoms with Gasteiger partial charge in [0.25, 0.3) is 0 Å². The van der Waals surface area contributed by atoms with Gasteiger partial charge in [-0.25, -0.2) is 12.8 Å². The van der Waals surface area contributed by atoms with E-state index < -0.39 is 32.7 Å². The lowest BCUT2D eigenvalue weighted by Gasteiger charge is -2.19. The number of carbonyl (C=O) groups excluding carboxylic acids is 2. The summed E-state index contributed by atoms with van der Waals surface area (Å²) in [6.07, 6.45) is 1.70. The number of rotatable bonds is 5. The average Bonchev–Trinajstić information content (AvgIpc) is 3.36. The highest BCUT2D eigenvalue weighted by molar-refractivity contribution is 7.93. The Labute approximate surface area is 160 Å². The number of sulfone groups is 1. The standard InChI is InChI=1S/C18H19FN2O4S2/c19-14-7-5-13(6-8-14)15(27(24,25)16-4-3-11-26-16)12-20-17(22)18(23)21-9-1-2-10-21/h3-8,11,15H,1-2,9-10,12H2,(H,20,22)/t15-/m1/s1. The largest absolute Gasteiger partial charge is 0.346 e. The summed E-state index contributed by atoms with van der Waals surface area (Å²) in [7, 11) is -3.81. The highest BCUT2D eigenvalue weighted by Crippen LogP contribution is 2.31. The molecule has 1 atom stereocenters. The zero-order chi connectivity index (χ0) is 19.4. The molecule has 1 fully saturated rings. The second kappa shape index (κ2) is 8.18. The van der Waals surface area contributed by atoms with Gasteiger partial charge in [0.15, 0.2) is 9.84 Å². The van der Waals surface area contributed by atoms with Gasteiger partial charge in [0.2, 0.25) is 0 Å². The molecule has 0 aliphatic carbocycles. The molecule has 1 aromatic carbocycles. The number of hydrogen-bond donors (Lipinski definition) is 1. The minimum atomic E-state index is -3.81. The first-order valence-corrected chi connectivity index (χ1v) is 10.9. The smallest absolute Gasteiger partial charge is 0.311 e. The van der Waals surface area contributed by atoms with Crippen LogP contribution in [0.4, 0.5) is 4.39 Å². The molecule has 0 radical (unpaired) electrons. The van der Waals surface area contributed by atoms with Crippen LogP contribution in [-0.2, 0) is 19.4 Å². The van der Waals surface area contributed by atoms with Gasteiger partial charge in [-0.1, -0.05) is 18.2 Å². The van der Waals surface area contributed by atoms with Crippen molar-refractivity contribution in [2.45, 2.75) is 22.3 Å². The average molecular weight is 410 g/mol. The molecule has 1 aliphatic rings. The molecule has 0 bridgehead atoms. The molecule has 2 aromatic rings. The molecule has 2 heterocycles. The number of carbonyl (C=O) groups is 2. The Morgan fingerprint density at radius 3 is 2.41 bits per heavy atom. The predicted octanol–water partition coefficient (Wildman–Crippen LogP) is 2.14. The van der Waals surface area contributed by atoms with Crippen LogP contribution in [0, 0.1) is 5.82 Å². The van der Waals surface area contributed by atoms with Crippen LogP contribution in [0.25, 0.3) is 0 Å². The summed E-state index contributed by atoms with van der Waals surface area (Å²) >= 11 is 1.07. The third-order valence-corrected chi connectivity index (χ3v) is 7.96. The number of thiophene rings is 1. The van der Waals surface area contributed by atoms with Gasteiger partial charge in [-0.15, -0.1) is 11.3 Å². The second-order valence-electron chi connectivity index (χ2n) is 6.23. The number of hydrogen-bond acceptors (Lipinski definition) is 5. The van der Waals surface area contributed by atoms with Crippen molar-refractivity contribution in [3.8, 4) is 0 Å². The van der Waals surface area contributed by atoms with E-state index in [0.717, 1.165) is 24.2 Å². The van der Waals surface area contributed by atoms with Crippen molar-refractivity contribution in [3.63, 3.8) is 0 Å². The Morgan fingerprint density at radius 2 is 1.81 bits per heavy atom. The van der Waals surface area contributed by atoms with E-state index in [1.165, 1.54) is 35.2 Å². The van der Waals surface area contributed by atoms with Crippen molar-refractivity contribution in [2.24, 2.45) is 0 Å². The Hall–Kier alpha value is -2.26. The molecule has 1 saturated heterocycles. The van der Waals surface area contributed by atoms with Gasteiger partial charge in [-0.3, -0.25) is 9.59 Å². The first-order valence-electron chi connectivity index (χ1n) is 8.49. The molecule has 0 unspecified atom stereocenters. The van der Waals surface area contributed by atoms with Gasteiger partial charge < -0.3 is 10.2 Å². The van der Waals surface area contributed by atoms with E-state index in [2.05, 4.69) is 5.32 Å². The number of likely N-dealkylation sites (tertiary alicyclic amines) is 1. The molecule has 0 spiro atoms. The Balaban J connectivity index is 1.81. The van der Waals surface area contributed by atoms with Gasteiger partial charge in [-0.2, -0.15) is 0 Å². The van der Waals surface area contributed by atoms with E-state index >= 15 is 0 Å². The molecule has 6 nitrogen and oxygen atoms in total. The lowest BCUT2D eigenvalue weighted by molar-refractivity contribution is -0.145. The number of halogens is 1. The van der Waals surface area contributed by atoms with Crippen molar-refractivity contribution in [2.75, 3.05) is 19.6 Å². The maximum absolute atomic E-state index is 13.2. The molecule has 9 heteroatoms. The molecule has 0 saturated carbocycles. The Morgan fingerprint density at radius 1 is 1.15 bits per heavy atom. The third kappa shape index (κ3) is 4.36. The van der Waals surface area contributed by atoms with E-state index in [1.807, 2.05) is 0 Å². The first-order chi connectivity index (χ1) is 12.9. The van der Waals surface area contributed by atoms with Crippen molar-refractivity contribution >= 4 is 33.0 Å². The van der Waals surface area contributed by atoms with Gasteiger partial charge in [0, 0.05) is 19.6 Å². The number of benzene rings is 1. The van der Waals surface area contributed by atoms with E-state index in [0.29, 0.717) is 18.7 Å². The molecule has 27 heavy (non-hydrogen) atoms. The fourth-order valence-corrected chi connectivity index (χ4v) is 5.84. The van der Waals surface area contributed by atoms with E-state index in [1.54, 1.807) is 11.4 Å². The topological polar surface area (TPSA) is 83.5 Å². The van der Waals surface area contributed by atoms with Crippen LogP contribution < -0.4 is 5.32 Å². The highest BCUT2D eigenvalue weighted by Gasteiger charge is 2.32. The van der Waals surface area contributed by atoms with Crippen molar-refractivity contribution < 1.29 is 22.4 Å². The minimum Gasteiger partial charge on any atom is -0.346 e. The normalized spacial score (nSPS) is 15.5. The quantitative estimate of drug-likeness (QED) is 0.766. The van der Waals surface area contributed by atoms with Crippen LogP contribution >= 0.6 is 11.3 Å². The lowest BCUT2D eigenvalue weighted by atomic mass is 10.1. The van der Waals surface area contributed by atoms with Gasteiger partial charge in [-0.05, 0) is 42.0 Å². The Kier molecular flexibility index (Phi) is 5.91. The summed E-state index contributed by atoms with van der Waals surface area (Å²) in [5.41, 5.74) is 0.346. The fourth-order valence-electron chi connectivity index (χ4n) is 2.97. The van der Waals surface area contributed by atoms with Crippen LogP contribution in [0.1, 0.15) is 23.7 Å². The zero-order valence-electron chi connectivity index (χ0n) is 14.4. The maximum Gasteiger partial charge on any atom is 0.311 e. The summed E-state index contributed by atoms with van der Waals surface area (Å²) in [5, 5.41) is 2.97. The SMILES string of the molecule is O=C(NC[C@H](c1ccc(F)cc1)S(=O)(=O)c1cccs1)C(=O)N1CCCC1. The van der Waals surface area contributed by atoms with Gasteiger partial charge in [0.05, 0.1) is 0 Å². The number of nitrogens with zero attached hydrogens (tertiary/aromatic N) is 1. The summed E-state index contributed by atoms with van der Waals surface area (Å²) in [6, 6.07) is 8.19. The highest BCUT2D eigenvalue weighted by atomic mass is 32.2. The van der Waals surface area contributed by atoms with E-state index in [-0.39, 0.29) is 10.8 Å². The number of nitrogens with one attached hydrogen (secondary N) is 1. The van der Waals surface area contributed by atoms with Crippen LogP contribution in [0.2, 0.25) is 0 Å². The minimum absolute atomic E-state index is 0.150. The van der Waals surface area contributed by atoms with Crippen LogP contribution in [0.3, 0.4) is 0 Å². The van der Waals surface area contributed by atoms with Crippen LogP contribution in [-0.4, -0.2) is 44.8 Å². The van der Waals surface area contributed by atoms with Crippen molar-refractivity contribution in [3.05, 3.63) is 53.2 Å². The summed E-state index contributed by atoms with van der Waals surface area (Å²) < 4.78 is 39.4. The lowest BCUT2D eigenvalue weighted by Crippen LogP contribution is -2.43. The first kappa shape index (κ1) is 19.5. The molecule has 2 amide bonds. The monoisotopic (exact) mass is 410 g/mol. The summed E-state index contributed by atoms with van der Waals surface area (Å²) in [6.45, 7) is 0.784. The molecule has 1 N–H and O–H groups in total.